The maximum absolute atomic E-state index is 12.8. The molecule has 0 saturated heterocycles. The smallest absolute Gasteiger partial charge is 0.261 e. The normalized spacial score (nSPS) is 14.0. The average Bonchev–Trinajstić information content (AvgIpc) is 2.59. The minimum atomic E-state index is -3.92. The van der Waals surface area contributed by atoms with Crippen LogP contribution in [0.2, 0.25) is 0 Å². The number of ketones is 2. The Morgan fingerprint density at radius 3 is 2.30 bits per heavy atom. The maximum Gasteiger partial charge on any atom is 0.261 e. The molecule has 1 aliphatic carbocycles. The number of sulfonamides is 1. The van der Waals surface area contributed by atoms with Crippen LogP contribution in [0.1, 0.15) is 40.1 Å². The second-order valence-corrected chi connectivity index (χ2v) is 8.20. The summed E-state index contributed by atoms with van der Waals surface area (Å²) < 4.78 is 33.2. The number of anilines is 1. The minimum Gasteiger partial charge on any atom is -0.487 e. The highest BCUT2D eigenvalue weighted by Gasteiger charge is 2.31. The largest absolute Gasteiger partial charge is 0.487 e. The number of hydrogen-bond donors (Lipinski definition) is 1. The van der Waals surface area contributed by atoms with Crippen LogP contribution >= 0.6 is 0 Å². The van der Waals surface area contributed by atoms with Crippen molar-refractivity contribution in [1.82, 2.24) is 0 Å². The first-order valence-electron chi connectivity index (χ1n) is 8.39. The van der Waals surface area contributed by atoms with E-state index in [1.54, 1.807) is 26.0 Å². The summed E-state index contributed by atoms with van der Waals surface area (Å²) in [4.78, 5) is 25.2. The second kappa shape index (κ2) is 7.00. The van der Waals surface area contributed by atoms with E-state index in [-0.39, 0.29) is 33.6 Å². The first-order valence-corrected chi connectivity index (χ1v) is 9.87. The van der Waals surface area contributed by atoms with E-state index in [9.17, 15) is 18.0 Å². The number of rotatable bonds is 5. The van der Waals surface area contributed by atoms with Crippen LogP contribution in [0.25, 0.3) is 0 Å². The Balaban J connectivity index is 2.03. The summed E-state index contributed by atoms with van der Waals surface area (Å²) in [6, 6.07) is 10.8. The van der Waals surface area contributed by atoms with Crippen molar-refractivity contribution in [2.75, 3.05) is 4.72 Å². The second-order valence-electron chi connectivity index (χ2n) is 6.52. The molecule has 140 valence electrons. The highest BCUT2D eigenvalue weighted by molar-refractivity contribution is 7.92. The van der Waals surface area contributed by atoms with Gasteiger partial charge in [-0.25, -0.2) is 8.42 Å². The van der Waals surface area contributed by atoms with Crippen LogP contribution in [-0.4, -0.2) is 26.1 Å². The highest BCUT2D eigenvalue weighted by Crippen LogP contribution is 2.30. The zero-order chi connectivity index (χ0) is 19.8. The first kappa shape index (κ1) is 18.8. The van der Waals surface area contributed by atoms with E-state index in [1.165, 1.54) is 30.3 Å². The summed E-state index contributed by atoms with van der Waals surface area (Å²) in [5, 5.41) is 0. The van der Waals surface area contributed by atoms with E-state index in [4.69, 9.17) is 4.74 Å². The summed E-state index contributed by atoms with van der Waals surface area (Å²) in [5.41, 5.74) is 1.10. The van der Waals surface area contributed by atoms with Crippen molar-refractivity contribution in [2.24, 2.45) is 0 Å². The molecule has 0 spiro atoms. The molecule has 0 unspecified atom stereocenters. The lowest BCUT2D eigenvalue weighted by molar-refractivity contribution is 0.0812. The summed E-state index contributed by atoms with van der Waals surface area (Å²) in [6.07, 6.45) is 0.842. The van der Waals surface area contributed by atoms with E-state index < -0.39 is 21.6 Å². The Labute approximate surface area is 157 Å². The number of aryl methyl sites for hydroxylation is 1. The number of Topliss-reactive ketones (excluding diaryl/α,β-unsaturated/α-hetero) is 1. The van der Waals surface area contributed by atoms with Gasteiger partial charge in [0.2, 0.25) is 5.78 Å². The molecule has 3 rings (SSSR count). The van der Waals surface area contributed by atoms with Crippen molar-refractivity contribution in [3.8, 4) is 0 Å². The number of ether oxygens (including phenoxy) is 1. The molecule has 1 aliphatic rings. The molecule has 0 bridgehead atoms. The van der Waals surface area contributed by atoms with E-state index in [0.29, 0.717) is 0 Å². The van der Waals surface area contributed by atoms with Gasteiger partial charge in [0.05, 0.1) is 22.3 Å². The third kappa shape index (κ3) is 3.78. The molecule has 0 atom stereocenters. The lowest BCUT2D eigenvalue weighted by atomic mass is 9.92. The van der Waals surface area contributed by atoms with Crippen molar-refractivity contribution in [3.05, 3.63) is 71.0 Å². The lowest BCUT2D eigenvalue weighted by Gasteiger charge is -2.20. The third-order valence-electron chi connectivity index (χ3n) is 3.98. The molecule has 7 heteroatoms. The molecular formula is C20H19NO5S. The molecule has 1 N–H and O–H groups in total. The van der Waals surface area contributed by atoms with Gasteiger partial charge in [0, 0.05) is 11.6 Å². The quantitative estimate of drug-likeness (QED) is 0.851. The van der Waals surface area contributed by atoms with Crippen LogP contribution in [0.3, 0.4) is 0 Å². The molecule has 0 radical (unpaired) electrons. The summed E-state index contributed by atoms with van der Waals surface area (Å²) in [7, 11) is -3.92. The Kier molecular flexibility index (Phi) is 4.89. The summed E-state index contributed by atoms with van der Waals surface area (Å²) in [6.45, 7) is 5.32. The van der Waals surface area contributed by atoms with Gasteiger partial charge in [0.25, 0.3) is 10.0 Å². The molecule has 0 fully saturated rings. The van der Waals surface area contributed by atoms with Crippen molar-refractivity contribution in [3.63, 3.8) is 0 Å². The van der Waals surface area contributed by atoms with Crippen LogP contribution in [0.4, 0.5) is 5.69 Å². The van der Waals surface area contributed by atoms with Gasteiger partial charge in [-0.05, 0) is 39.0 Å². The average molecular weight is 385 g/mol. The standard InChI is InChI=1S/C20H19NO5S/c1-12(2)26-18-11-17(22)15-5-4-6-16(19(15)20(18)23)21-27(24,25)14-9-7-13(3)8-10-14/h4-12,21H,1-3H3. The lowest BCUT2D eigenvalue weighted by Crippen LogP contribution is -2.23. The topological polar surface area (TPSA) is 89.5 Å². The molecule has 0 heterocycles. The first-order chi connectivity index (χ1) is 12.7. The van der Waals surface area contributed by atoms with Gasteiger partial charge in [-0.1, -0.05) is 29.8 Å². The van der Waals surface area contributed by atoms with Crippen LogP contribution in [0.15, 0.2) is 59.2 Å². The van der Waals surface area contributed by atoms with E-state index >= 15 is 0 Å². The van der Waals surface area contributed by atoms with Gasteiger partial charge in [-0.15, -0.1) is 0 Å². The number of allylic oxidation sites excluding steroid dienone is 2. The minimum absolute atomic E-state index is 0.00339. The van der Waals surface area contributed by atoms with Gasteiger partial charge < -0.3 is 4.74 Å². The fourth-order valence-corrected chi connectivity index (χ4v) is 3.81. The Morgan fingerprint density at radius 2 is 1.67 bits per heavy atom. The molecule has 0 amide bonds. The monoisotopic (exact) mass is 385 g/mol. The number of benzene rings is 2. The van der Waals surface area contributed by atoms with E-state index in [0.717, 1.165) is 11.6 Å². The molecular weight excluding hydrogens is 366 g/mol. The molecule has 0 aliphatic heterocycles. The number of carbonyl (C=O) groups is 2. The number of hydrogen-bond acceptors (Lipinski definition) is 5. The van der Waals surface area contributed by atoms with E-state index in [2.05, 4.69) is 4.72 Å². The number of carbonyl (C=O) groups excluding carboxylic acids is 2. The number of fused-ring (bicyclic) bond motifs is 1. The molecule has 0 aromatic heterocycles. The van der Waals surface area contributed by atoms with Crippen LogP contribution < -0.4 is 4.72 Å². The van der Waals surface area contributed by atoms with E-state index in [1.807, 2.05) is 6.92 Å². The highest BCUT2D eigenvalue weighted by atomic mass is 32.2. The van der Waals surface area contributed by atoms with Gasteiger partial charge in [-0.3, -0.25) is 14.3 Å². The summed E-state index contributed by atoms with van der Waals surface area (Å²) >= 11 is 0. The van der Waals surface area contributed by atoms with Gasteiger partial charge >= 0.3 is 0 Å². The van der Waals surface area contributed by atoms with Crippen LogP contribution in [-0.2, 0) is 14.8 Å². The predicted molar refractivity (Wildman–Crippen MR) is 101 cm³/mol. The van der Waals surface area contributed by atoms with Gasteiger partial charge in [0.15, 0.2) is 11.5 Å². The van der Waals surface area contributed by atoms with Crippen molar-refractivity contribution >= 4 is 27.3 Å². The summed E-state index contributed by atoms with van der Waals surface area (Å²) in [5.74, 6) is -1.03. The van der Waals surface area contributed by atoms with Crippen molar-refractivity contribution < 1.29 is 22.7 Å². The van der Waals surface area contributed by atoms with Crippen molar-refractivity contribution in [2.45, 2.75) is 31.8 Å². The molecule has 0 saturated carbocycles. The Bertz CT molecular complexity index is 1050. The van der Waals surface area contributed by atoms with Gasteiger partial charge in [-0.2, -0.15) is 0 Å². The maximum atomic E-state index is 12.8. The van der Waals surface area contributed by atoms with Gasteiger partial charge in [0.1, 0.15) is 0 Å². The number of nitrogens with one attached hydrogen (secondary N) is 1. The molecule has 27 heavy (non-hydrogen) atoms. The molecule has 6 nitrogen and oxygen atoms in total. The molecule has 2 aromatic rings. The van der Waals surface area contributed by atoms with Crippen molar-refractivity contribution in [1.29, 1.82) is 0 Å². The fourth-order valence-electron chi connectivity index (χ4n) is 2.74. The fraction of sp³-hybridized carbons (Fsp3) is 0.200. The zero-order valence-electron chi connectivity index (χ0n) is 15.1. The Hall–Kier alpha value is -2.93. The molecule has 2 aromatic carbocycles. The zero-order valence-corrected chi connectivity index (χ0v) is 16.0. The predicted octanol–water partition coefficient (Wildman–Crippen LogP) is 3.48. The SMILES string of the molecule is Cc1ccc(S(=O)(=O)Nc2cccc3c2C(=O)C(OC(C)C)=CC3=O)cc1. The third-order valence-corrected chi connectivity index (χ3v) is 5.36. The van der Waals surface area contributed by atoms with Crippen LogP contribution in [0, 0.1) is 6.92 Å². The van der Waals surface area contributed by atoms with Crippen LogP contribution in [0.5, 0.6) is 0 Å². The Morgan fingerprint density at radius 1 is 1.00 bits per heavy atom.